The molecule has 6 nitrogen and oxygen atoms in total. The van der Waals surface area contributed by atoms with Gasteiger partial charge in [-0.2, -0.15) is 0 Å². The van der Waals surface area contributed by atoms with E-state index in [4.69, 9.17) is 9.47 Å². The molecule has 7 heteroatoms. The Hall–Kier alpha value is -3.61. The van der Waals surface area contributed by atoms with Gasteiger partial charge in [0, 0.05) is 35.0 Å². The van der Waals surface area contributed by atoms with Crippen LogP contribution in [0.2, 0.25) is 0 Å². The maximum atomic E-state index is 13.9. The lowest BCUT2D eigenvalue weighted by molar-refractivity contribution is -0.384. The van der Waals surface area contributed by atoms with Gasteiger partial charge in [0.05, 0.1) is 25.2 Å². The lowest BCUT2D eigenvalue weighted by Gasteiger charge is -2.32. The van der Waals surface area contributed by atoms with Gasteiger partial charge in [-0.25, -0.2) is 4.39 Å². The van der Waals surface area contributed by atoms with E-state index in [1.807, 2.05) is 6.07 Å². The van der Waals surface area contributed by atoms with Crippen molar-refractivity contribution in [3.63, 3.8) is 0 Å². The Morgan fingerprint density at radius 3 is 2.39 bits per heavy atom. The molecule has 3 aromatic rings. The maximum absolute atomic E-state index is 13.9. The third kappa shape index (κ3) is 2.90. The summed E-state index contributed by atoms with van der Waals surface area (Å²) in [5.74, 6) is 0.877. The molecular weight excluding hydrogens is 363 g/mol. The summed E-state index contributed by atoms with van der Waals surface area (Å²) in [4.78, 5) is 10.5. The molecule has 0 amide bonds. The number of hydrogen-bond donors (Lipinski definition) is 1. The molecule has 142 valence electrons. The average Bonchev–Trinajstić information content (AvgIpc) is 2.71. The summed E-state index contributed by atoms with van der Waals surface area (Å²) in [6.45, 7) is 0. The normalized spacial score (nSPS) is 14.5. The summed E-state index contributed by atoms with van der Waals surface area (Å²) >= 11 is 0. The molecule has 4 rings (SSSR count). The molecule has 0 saturated heterocycles. The molecule has 0 spiro atoms. The highest BCUT2D eigenvalue weighted by Gasteiger charge is 2.30. The van der Waals surface area contributed by atoms with Crippen LogP contribution < -0.4 is 14.8 Å². The van der Waals surface area contributed by atoms with Crippen molar-refractivity contribution in [3.8, 4) is 22.6 Å². The highest BCUT2D eigenvalue weighted by Crippen LogP contribution is 2.48. The first-order valence-electron chi connectivity index (χ1n) is 8.58. The van der Waals surface area contributed by atoms with Crippen LogP contribution in [0.15, 0.2) is 54.6 Å². The fourth-order valence-electron chi connectivity index (χ4n) is 3.55. The van der Waals surface area contributed by atoms with Crippen LogP contribution in [-0.2, 0) is 0 Å². The fraction of sp³-hybridized carbons (Fsp3) is 0.143. The minimum absolute atomic E-state index is 0.00734. The summed E-state index contributed by atoms with van der Waals surface area (Å²) in [7, 11) is 3.14. The third-order valence-corrected chi connectivity index (χ3v) is 4.87. The van der Waals surface area contributed by atoms with Gasteiger partial charge >= 0.3 is 0 Å². The van der Waals surface area contributed by atoms with Gasteiger partial charge in [-0.15, -0.1) is 0 Å². The van der Waals surface area contributed by atoms with Crippen LogP contribution in [0.5, 0.6) is 11.5 Å². The van der Waals surface area contributed by atoms with E-state index in [0.717, 1.165) is 22.3 Å². The predicted molar refractivity (Wildman–Crippen MR) is 104 cm³/mol. The fourth-order valence-corrected chi connectivity index (χ4v) is 3.55. The van der Waals surface area contributed by atoms with Crippen LogP contribution >= 0.6 is 0 Å². The molecule has 3 aromatic carbocycles. The zero-order chi connectivity index (χ0) is 19.8. The van der Waals surface area contributed by atoms with Gasteiger partial charge < -0.3 is 14.8 Å². The molecule has 0 bridgehead atoms. The molecule has 1 aliphatic heterocycles. The first-order chi connectivity index (χ1) is 13.5. The monoisotopic (exact) mass is 380 g/mol. The number of rotatable bonds is 4. The van der Waals surface area contributed by atoms with Gasteiger partial charge in [0.25, 0.3) is 5.69 Å². The van der Waals surface area contributed by atoms with Gasteiger partial charge in [-0.05, 0) is 47.5 Å². The zero-order valence-corrected chi connectivity index (χ0v) is 15.2. The van der Waals surface area contributed by atoms with Gasteiger partial charge in [0.1, 0.15) is 17.3 Å². The molecule has 28 heavy (non-hydrogen) atoms. The molecule has 1 N–H and O–H groups in total. The highest BCUT2D eigenvalue weighted by atomic mass is 19.1. The largest absolute Gasteiger partial charge is 0.497 e. The van der Waals surface area contributed by atoms with Crippen LogP contribution in [0.25, 0.3) is 11.1 Å². The molecule has 1 atom stereocenters. The van der Waals surface area contributed by atoms with Crippen molar-refractivity contribution in [3.05, 3.63) is 81.7 Å². The van der Waals surface area contributed by atoms with Crippen LogP contribution in [0.1, 0.15) is 17.2 Å². The topological polar surface area (TPSA) is 73.6 Å². The van der Waals surface area contributed by atoms with Gasteiger partial charge in [0.2, 0.25) is 0 Å². The van der Waals surface area contributed by atoms with Crippen molar-refractivity contribution in [1.82, 2.24) is 0 Å². The summed E-state index contributed by atoms with van der Waals surface area (Å²) in [5.41, 5.74) is 3.97. The minimum Gasteiger partial charge on any atom is -0.497 e. The van der Waals surface area contributed by atoms with E-state index in [9.17, 15) is 14.5 Å². The molecule has 0 saturated carbocycles. The Kier molecular flexibility index (Phi) is 4.35. The van der Waals surface area contributed by atoms with Crippen LogP contribution in [-0.4, -0.2) is 19.1 Å². The minimum atomic E-state index is -0.442. The van der Waals surface area contributed by atoms with Crippen molar-refractivity contribution in [1.29, 1.82) is 0 Å². The third-order valence-electron chi connectivity index (χ3n) is 4.87. The quantitative estimate of drug-likeness (QED) is 0.513. The number of non-ortho nitro benzene ring substituents is 1. The number of halogens is 1. The lowest BCUT2D eigenvalue weighted by Crippen LogP contribution is -2.19. The van der Waals surface area contributed by atoms with Gasteiger partial charge in [0.15, 0.2) is 0 Å². The molecule has 0 radical (unpaired) electrons. The first kappa shape index (κ1) is 17.8. The van der Waals surface area contributed by atoms with Crippen molar-refractivity contribution in [2.45, 2.75) is 6.04 Å². The number of benzene rings is 3. The Bertz CT molecular complexity index is 1070. The number of hydrogen-bond acceptors (Lipinski definition) is 5. The maximum Gasteiger partial charge on any atom is 0.269 e. The van der Waals surface area contributed by atoms with E-state index in [2.05, 4.69) is 5.32 Å². The Morgan fingerprint density at radius 2 is 1.75 bits per heavy atom. The van der Waals surface area contributed by atoms with E-state index in [0.29, 0.717) is 17.2 Å². The summed E-state index contributed by atoms with van der Waals surface area (Å²) in [6.07, 6.45) is 0. The molecular formula is C21H17FN2O4. The van der Waals surface area contributed by atoms with Crippen LogP contribution in [0, 0.1) is 15.9 Å². The average molecular weight is 380 g/mol. The Balaban J connectivity index is 1.94. The number of fused-ring (bicyclic) bond motifs is 3. The summed E-state index contributed by atoms with van der Waals surface area (Å²) in [5, 5.41) is 14.3. The van der Waals surface area contributed by atoms with E-state index in [1.165, 1.54) is 24.3 Å². The zero-order valence-electron chi connectivity index (χ0n) is 15.2. The second-order valence-electron chi connectivity index (χ2n) is 6.41. The van der Waals surface area contributed by atoms with Crippen LogP contribution in [0.3, 0.4) is 0 Å². The van der Waals surface area contributed by atoms with Crippen molar-refractivity contribution in [2.24, 2.45) is 0 Å². The standard InChI is InChI=1S/C21H17FN2O4/c1-27-15-10-17-16-8-5-13(22)9-18(16)23-21(20(17)19(11-15)28-2)12-3-6-14(7-4-12)24(25)26/h3-11,21,23H,1-2H3/t21-/m0/s1. The number of anilines is 1. The predicted octanol–water partition coefficient (Wildman–Crippen LogP) is 4.93. The van der Waals surface area contributed by atoms with Crippen molar-refractivity contribution >= 4 is 11.4 Å². The lowest BCUT2D eigenvalue weighted by atomic mass is 9.85. The smallest absolute Gasteiger partial charge is 0.269 e. The molecule has 0 unspecified atom stereocenters. The summed E-state index contributed by atoms with van der Waals surface area (Å²) in [6, 6.07) is 14.1. The van der Waals surface area contributed by atoms with Gasteiger partial charge in [-0.1, -0.05) is 0 Å². The Labute approximate surface area is 160 Å². The Morgan fingerprint density at radius 1 is 1.00 bits per heavy atom. The summed E-state index contributed by atoms with van der Waals surface area (Å²) < 4.78 is 24.9. The van der Waals surface area contributed by atoms with Crippen molar-refractivity contribution < 1.29 is 18.8 Å². The van der Waals surface area contributed by atoms with E-state index in [1.54, 1.807) is 38.5 Å². The second kappa shape index (κ2) is 6.84. The number of ether oxygens (including phenoxy) is 2. The molecule has 0 aromatic heterocycles. The van der Waals surface area contributed by atoms with E-state index >= 15 is 0 Å². The number of nitrogens with zero attached hydrogens (tertiary/aromatic N) is 1. The number of nitrogens with one attached hydrogen (secondary N) is 1. The van der Waals surface area contributed by atoms with Gasteiger partial charge in [-0.3, -0.25) is 10.1 Å². The number of methoxy groups -OCH3 is 2. The van der Waals surface area contributed by atoms with Crippen LogP contribution in [0.4, 0.5) is 15.8 Å². The van der Waals surface area contributed by atoms with Crippen molar-refractivity contribution in [2.75, 3.05) is 19.5 Å². The first-order valence-corrected chi connectivity index (χ1v) is 8.58. The second-order valence-corrected chi connectivity index (χ2v) is 6.41. The molecule has 0 fully saturated rings. The SMILES string of the molecule is COc1cc(OC)c2c(c1)-c1ccc(F)cc1N[C@H]2c1ccc([N+](=O)[O-])cc1. The number of nitro groups is 1. The molecule has 1 aliphatic rings. The molecule has 0 aliphatic carbocycles. The van der Waals surface area contributed by atoms with E-state index < -0.39 is 4.92 Å². The number of nitro benzene ring substituents is 1. The highest BCUT2D eigenvalue weighted by molar-refractivity contribution is 5.87. The van der Waals surface area contributed by atoms with E-state index in [-0.39, 0.29) is 17.5 Å². The molecule has 1 heterocycles.